The van der Waals surface area contributed by atoms with Crippen LogP contribution in [-0.4, -0.2) is 25.8 Å². The Morgan fingerprint density at radius 2 is 1.76 bits per heavy atom. The van der Waals surface area contributed by atoms with E-state index >= 15 is 0 Å². The van der Waals surface area contributed by atoms with E-state index in [4.69, 9.17) is 15.9 Å². The van der Waals surface area contributed by atoms with Crippen LogP contribution in [0.1, 0.15) is 48.1 Å². The fraction of sp³-hybridized carbons (Fsp3) is 0.172. The Morgan fingerprint density at radius 1 is 1.06 bits per heavy atom. The normalized spacial score (nSPS) is 14.0. The van der Waals surface area contributed by atoms with Crippen molar-refractivity contribution < 1.29 is 9.53 Å². The van der Waals surface area contributed by atoms with Crippen molar-refractivity contribution in [2.75, 3.05) is 24.3 Å². The molecular weight excluding hydrogens is 422 g/mol. The second kappa shape index (κ2) is 9.79. The van der Waals surface area contributed by atoms with Gasteiger partial charge in [0, 0.05) is 24.5 Å². The summed E-state index contributed by atoms with van der Waals surface area (Å²) in [5.41, 5.74) is 14.5. The van der Waals surface area contributed by atoms with Crippen LogP contribution in [0.2, 0.25) is 0 Å². The summed E-state index contributed by atoms with van der Waals surface area (Å²) in [7, 11) is 1.78. The molecule has 0 atom stereocenters. The van der Waals surface area contributed by atoms with Crippen LogP contribution in [0.5, 0.6) is 5.75 Å². The van der Waals surface area contributed by atoms with Crippen molar-refractivity contribution in [2.45, 2.75) is 20.3 Å². The van der Waals surface area contributed by atoms with Crippen LogP contribution >= 0.6 is 0 Å². The molecule has 0 radical (unpaired) electrons. The molecule has 1 heterocycles. The molecule has 3 aromatic carbocycles. The van der Waals surface area contributed by atoms with E-state index in [1.165, 1.54) is 6.21 Å². The van der Waals surface area contributed by atoms with Crippen molar-refractivity contribution in [3.63, 3.8) is 0 Å². The number of fused-ring (bicyclic) bond motifs is 1. The highest BCUT2D eigenvalue weighted by Gasteiger charge is 2.23. The number of hydrogen-bond donors (Lipinski definition) is 2. The highest BCUT2D eigenvalue weighted by Crippen LogP contribution is 2.39. The maximum absolute atomic E-state index is 12.2. The van der Waals surface area contributed by atoms with Crippen LogP contribution < -0.4 is 15.4 Å². The summed E-state index contributed by atoms with van der Waals surface area (Å²) in [6.07, 6.45) is 6.15. The third kappa shape index (κ3) is 4.37. The first-order chi connectivity index (χ1) is 16.5. The molecule has 5 heteroatoms. The second-order valence-electron chi connectivity index (χ2n) is 8.24. The Bertz CT molecular complexity index is 1300. The molecule has 0 aromatic heterocycles. The lowest BCUT2D eigenvalue weighted by atomic mass is 9.87. The predicted octanol–water partition coefficient (Wildman–Crippen LogP) is 6.02. The molecule has 1 aliphatic rings. The van der Waals surface area contributed by atoms with E-state index in [2.05, 4.69) is 37.3 Å². The minimum atomic E-state index is -0.0689. The number of nitrogens with zero attached hydrogens (tertiary/aromatic N) is 1. The summed E-state index contributed by atoms with van der Waals surface area (Å²) in [6, 6.07) is 20.3. The molecule has 5 nitrogen and oxygen atoms in total. The van der Waals surface area contributed by atoms with Gasteiger partial charge in [0.2, 0.25) is 0 Å². The average molecular weight is 452 g/mol. The summed E-state index contributed by atoms with van der Waals surface area (Å²) in [4.78, 5) is 13.9. The summed E-state index contributed by atoms with van der Waals surface area (Å²) < 4.78 is 5.63. The quantitative estimate of drug-likeness (QED) is 0.273. The van der Waals surface area contributed by atoms with Crippen LogP contribution in [-0.2, 0) is 4.79 Å². The molecule has 0 bridgehead atoms. The zero-order chi connectivity index (χ0) is 24.2. The van der Waals surface area contributed by atoms with E-state index in [1.54, 1.807) is 11.9 Å². The number of amides is 1. The lowest BCUT2D eigenvalue weighted by molar-refractivity contribution is -0.120. The summed E-state index contributed by atoms with van der Waals surface area (Å²) in [5.74, 6) is 0.637. The summed E-state index contributed by atoms with van der Waals surface area (Å²) in [5, 5.41) is 7.78. The molecule has 1 amide bonds. The maximum atomic E-state index is 12.2. The van der Waals surface area contributed by atoms with E-state index in [1.807, 2.05) is 49.4 Å². The molecule has 0 aliphatic carbocycles. The topological polar surface area (TPSA) is 79.4 Å². The highest BCUT2D eigenvalue weighted by molar-refractivity contribution is 6.02. The monoisotopic (exact) mass is 451 g/mol. The number of nitrogens with two attached hydrogens (primary N) is 1. The first kappa shape index (κ1) is 23.1. The highest BCUT2D eigenvalue weighted by atomic mass is 16.5. The fourth-order valence-corrected chi connectivity index (χ4v) is 4.31. The van der Waals surface area contributed by atoms with Gasteiger partial charge >= 0.3 is 0 Å². The second-order valence-corrected chi connectivity index (χ2v) is 8.24. The Hall–Kier alpha value is -4.12. The lowest BCUT2D eigenvalue weighted by Gasteiger charge is -2.27. The van der Waals surface area contributed by atoms with E-state index in [0.29, 0.717) is 17.0 Å². The average Bonchev–Trinajstić information content (AvgIpc) is 2.86. The molecule has 0 saturated heterocycles. The maximum Gasteiger partial charge on any atom is 0.264 e. The first-order valence-electron chi connectivity index (χ1n) is 11.4. The molecular formula is C29H29N3O2. The number of rotatable bonds is 6. The van der Waals surface area contributed by atoms with Gasteiger partial charge in [0.15, 0.2) is 6.61 Å². The Balaban J connectivity index is 1.96. The standard InChI is InChI=1S/C29H29N3O2/c1-4-6-19-7-9-20(10-8-19)29(22-11-13-25(31)23(15-22)17-30)24(5-2)21-12-14-27-26(16-21)32(3)28(33)18-34-27/h4,6-17,30H,5,18,31H2,1-3H3/b6-4+,29-24+,30-17?. The number of likely N-dealkylation sites (N-methyl/N-ethyl adjacent to an activating group) is 1. The van der Waals surface area contributed by atoms with Crippen molar-refractivity contribution in [2.24, 2.45) is 0 Å². The third-order valence-electron chi connectivity index (χ3n) is 6.14. The van der Waals surface area contributed by atoms with Crippen molar-refractivity contribution in [1.82, 2.24) is 0 Å². The smallest absolute Gasteiger partial charge is 0.264 e. The van der Waals surface area contributed by atoms with Gasteiger partial charge in [0.05, 0.1) is 5.69 Å². The number of anilines is 2. The van der Waals surface area contributed by atoms with Crippen LogP contribution in [0.4, 0.5) is 11.4 Å². The van der Waals surface area contributed by atoms with Crippen LogP contribution in [0, 0.1) is 5.41 Å². The molecule has 0 fully saturated rings. The van der Waals surface area contributed by atoms with Gasteiger partial charge in [-0.05, 0) is 71.0 Å². The number of carbonyl (C=O) groups is 1. The number of ether oxygens (including phenoxy) is 1. The van der Waals surface area contributed by atoms with Crippen molar-refractivity contribution >= 4 is 40.7 Å². The molecule has 0 spiro atoms. The van der Waals surface area contributed by atoms with E-state index in [9.17, 15) is 4.79 Å². The van der Waals surface area contributed by atoms with Gasteiger partial charge in [-0.15, -0.1) is 0 Å². The Kier molecular flexibility index (Phi) is 6.64. The van der Waals surface area contributed by atoms with Gasteiger partial charge in [-0.2, -0.15) is 0 Å². The van der Waals surface area contributed by atoms with Crippen molar-refractivity contribution in [3.05, 3.63) is 94.6 Å². The van der Waals surface area contributed by atoms with Gasteiger partial charge in [-0.1, -0.05) is 55.5 Å². The zero-order valence-corrected chi connectivity index (χ0v) is 19.8. The molecule has 3 aromatic rings. The predicted molar refractivity (Wildman–Crippen MR) is 141 cm³/mol. The van der Waals surface area contributed by atoms with Crippen LogP contribution in [0.15, 0.2) is 66.7 Å². The molecule has 172 valence electrons. The van der Waals surface area contributed by atoms with Gasteiger partial charge in [-0.3, -0.25) is 4.79 Å². The minimum Gasteiger partial charge on any atom is -0.482 e. The number of nitrogen functional groups attached to an aromatic ring is 1. The lowest BCUT2D eigenvalue weighted by Crippen LogP contribution is -2.35. The molecule has 0 unspecified atom stereocenters. The molecule has 3 N–H and O–H groups in total. The van der Waals surface area contributed by atoms with E-state index < -0.39 is 0 Å². The fourth-order valence-electron chi connectivity index (χ4n) is 4.31. The number of nitrogens with one attached hydrogen (secondary N) is 1. The molecule has 0 saturated carbocycles. The Morgan fingerprint density at radius 3 is 2.44 bits per heavy atom. The largest absolute Gasteiger partial charge is 0.482 e. The summed E-state index contributed by atoms with van der Waals surface area (Å²) >= 11 is 0. The molecule has 34 heavy (non-hydrogen) atoms. The van der Waals surface area contributed by atoms with E-state index in [0.717, 1.165) is 45.5 Å². The number of hydrogen-bond acceptors (Lipinski definition) is 4. The van der Waals surface area contributed by atoms with Gasteiger partial charge in [0.1, 0.15) is 5.75 Å². The molecule has 4 rings (SSSR count). The van der Waals surface area contributed by atoms with Crippen molar-refractivity contribution in [3.8, 4) is 5.75 Å². The zero-order valence-electron chi connectivity index (χ0n) is 19.8. The number of benzene rings is 3. The Labute approximate surface area is 200 Å². The van der Waals surface area contributed by atoms with Crippen LogP contribution in [0.25, 0.3) is 17.2 Å². The third-order valence-corrected chi connectivity index (χ3v) is 6.14. The van der Waals surface area contributed by atoms with Gasteiger partial charge in [0.25, 0.3) is 5.91 Å². The molecule has 1 aliphatic heterocycles. The van der Waals surface area contributed by atoms with Crippen LogP contribution in [0.3, 0.4) is 0 Å². The summed E-state index contributed by atoms with van der Waals surface area (Å²) in [6.45, 7) is 4.19. The van der Waals surface area contributed by atoms with Gasteiger partial charge < -0.3 is 20.8 Å². The number of carbonyl (C=O) groups excluding carboxylic acids is 1. The van der Waals surface area contributed by atoms with E-state index in [-0.39, 0.29) is 12.5 Å². The first-order valence-corrected chi connectivity index (χ1v) is 11.4. The van der Waals surface area contributed by atoms with Gasteiger partial charge in [-0.25, -0.2) is 0 Å². The van der Waals surface area contributed by atoms with Crippen molar-refractivity contribution in [1.29, 1.82) is 5.41 Å². The SMILES string of the molecule is C/C=C/c1ccc(/C(=C(/CC)c2ccc3c(c2)N(C)C(=O)CO3)c2ccc(N)c(C=N)c2)cc1. The number of allylic oxidation sites excluding steroid dienone is 2. The minimum absolute atomic E-state index is 0.0565.